The van der Waals surface area contributed by atoms with Crippen molar-refractivity contribution in [3.8, 4) is 0 Å². The summed E-state index contributed by atoms with van der Waals surface area (Å²) >= 11 is 0. The molecule has 1 aliphatic heterocycles. The van der Waals surface area contributed by atoms with Crippen LogP contribution < -0.4 is 4.83 Å². The van der Waals surface area contributed by atoms with E-state index in [0.29, 0.717) is 6.04 Å². The Hall–Kier alpha value is -0.390. The van der Waals surface area contributed by atoms with E-state index in [2.05, 4.69) is 11.4 Å². The van der Waals surface area contributed by atoms with Crippen LogP contribution in [0, 0.1) is 0 Å². The van der Waals surface area contributed by atoms with Gasteiger partial charge in [-0.25, -0.2) is 13.4 Å². The number of hydrogen-bond donors (Lipinski definition) is 1. The second-order valence-corrected chi connectivity index (χ2v) is 7.92. The second kappa shape index (κ2) is 4.47. The number of nitrogens with one attached hydrogen (secondary N) is 1. The molecule has 2 unspecified atom stereocenters. The summed E-state index contributed by atoms with van der Waals surface area (Å²) in [6.45, 7) is 11.7. The lowest BCUT2D eigenvalue weighted by molar-refractivity contribution is 0.427. The van der Waals surface area contributed by atoms with Crippen molar-refractivity contribution < 1.29 is 8.42 Å². The molecule has 4 nitrogen and oxygen atoms in total. The van der Waals surface area contributed by atoms with Crippen molar-refractivity contribution in [3.63, 3.8) is 0 Å². The van der Waals surface area contributed by atoms with Crippen LogP contribution in [-0.2, 0) is 10.0 Å². The van der Waals surface area contributed by atoms with Crippen LogP contribution in [0.1, 0.15) is 40.5 Å². The Kier molecular flexibility index (Phi) is 3.82. The minimum atomic E-state index is -3.25. The number of allylic oxidation sites excluding steroid dienone is 1. The van der Waals surface area contributed by atoms with Crippen LogP contribution in [0.3, 0.4) is 0 Å². The van der Waals surface area contributed by atoms with E-state index in [9.17, 15) is 8.42 Å². The van der Waals surface area contributed by atoms with E-state index < -0.39 is 14.8 Å². The summed E-state index contributed by atoms with van der Waals surface area (Å²) < 4.78 is 22.9. The summed E-state index contributed by atoms with van der Waals surface area (Å²) in [6.07, 6.45) is 1.93. The van der Waals surface area contributed by atoms with Crippen LogP contribution >= 0.6 is 0 Å². The number of rotatable bonds is 5. The summed E-state index contributed by atoms with van der Waals surface area (Å²) in [6, 6.07) is 0.342. The monoisotopic (exact) mass is 246 g/mol. The van der Waals surface area contributed by atoms with Crippen LogP contribution in [0.5, 0.6) is 0 Å². The SMILES string of the molecule is C=C(C)CCC1CN1NS(=O)(=O)C(C)(C)C. The molecule has 1 fully saturated rings. The van der Waals surface area contributed by atoms with Crippen molar-refractivity contribution in [1.29, 1.82) is 0 Å². The molecule has 0 aromatic carbocycles. The Bertz CT molecular complexity index is 368. The average Bonchev–Trinajstić information content (AvgIpc) is 2.77. The molecule has 2 atom stereocenters. The largest absolute Gasteiger partial charge is 0.229 e. The van der Waals surface area contributed by atoms with E-state index in [4.69, 9.17) is 0 Å². The Labute approximate surface area is 98.7 Å². The molecular weight excluding hydrogens is 224 g/mol. The van der Waals surface area contributed by atoms with Gasteiger partial charge in [0.15, 0.2) is 0 Å². The number of hydrazine groups is 1. The van der Waals surface area contributed by atoms with Crippen molar-refractivity contribution in [2.75, 3.05) is 6.54 Å². The van der Waals surface area contributed by atoms with Crippen LogP contribution in [-0.4, -0.2) is 30.8 Å². The quantitative estimate of drug-likeness (QED) is 0.593. The van der Waals surface area contributed by atoms with Gasteiger partial charge in [0.05, 0.1) is 4.75 Å². The van der Waals surface area contributed by atoms with Gasteiger partial charge in [0.25, 0.3) is 0 Å². The van der Waals surface area contributed by atoms with Gasteiger partial charge in [0.2, 0.25) is 10.0 Å². The molecule has 0 aliphatic carbocycles. The molecule has 1 heterocycles. The zero-order valence-corrected chi connectivity index (χ0v) is 11.4. The minimum absolute atomic E-state index is 0.342. The van der Waals surface area contributed by atoms with Crippen molar-refractivity contribution >= 4 is 10.0 Å². The number of nitrogens with zero attached hydrogens (tertiary/aromatic N) is 1. The highest BCUT2D eigenvalue weighted by Gasteiger charge is 2.40. The van der Waals surface area contributed by atoms with Crippen molar-refractivity contribution in [3.05, 3.63) is 12.2 Å². The average molecular weight is 246 g/mol. The molecule has 1 rings (SSSR count). The normalized spacial score (nSPS) is 25.5. The third-order valence-corrected chi connectivity index (χ3v) is 4.75. The molecule has 16 heavy (non-hydrogen) atoms. The predicted octanol–water partition coefficient (Wildman–Crippen LogP) is 1.66. The molecule has 0 bridgehead atoms. The predicted molar refractivity (Wildman–Crippen MR) is 66.4 cm³/mol. The summed E-state index contributed by atoms with van der Waals surface area (Å²) in [5.74, 6) is 0. The number of sulfonamides is 1. The molecule has 5 heteroatoms. The molecular formula is C11H22N2O2S. The zero-order valence-electron chi connectivity index (χ0n) is 10.6. The van der Waals surface area contributed by atoms with Crippen molar-refractivity contribution in [2.45, 2.75) is 51.3 Å². The van der Waals surface area contributed by atoms with Crippen LogP contribution in [0.15, 0.2) is 12.2 Å². The van der Waals surface area contributed by atoms with E-state index in [0.717, 1.165) is 25.0 Å². The molecule has 1 saturated heterocycles. The third-order valence-electron chi connectivity index (χ3n) is 2.66. The first-order valence-corrected chi connectivity index (χ1v) is 7.05. The first kappa shape index (κ1) is 13.7. The molecule has 0 amide bonds. The minimum Gasteiger partial charge on any atom is -0.225 e. The third kappa shape index (κ3) is 3.57. The zero-order chi connectivity index (χ0) is 12.6. The molecule has 0 aromatic rings. The lowest BCUT2D eigenvalue weighted by Crippen LogP contribution is -2.42. The maximum Gasteiger partial charge on any atom is 0.229 e. The van der Waals surface area contributed by atoms with Gasteiger partial charge in [-0.2, -0.15) is 0 Å². The van der Waals surface area contributed by atoms with Gasteiger partial charge in [-0.15, -0.1) is 11.4 Å². The topological polar surface area (TPSA) is 49.2 Å². The molecule has 0 aromatic heterocycles. The van der Waals surface area contributed by atoms with E-state index in [1.807, 2.05) is 6.92 Å². The molecule has 94 valence electrons. The fourth-order valence-electron chi connectivity index (χ4n) is 1.24. The standard InChI is InChI=1S/C11H22N2O2S/c1-9(2)6-7-10-8-13(10)12-16(14,15)11(3,4)5/h10,12H,1,6-8H2,2-5H3. The highest BCUT2D eigenvalue weighted by molar-refractivity contribution is 7.90. The molecule has 0 radical (unpaired) electrons. The van der Waals surface area contributed by atoms with Gasteiger partial charge in [0.1, 0.15) is 0 Å². The highest BCUT2D eigenvalue weighted by atomic mass is 32.2. The van der Waals surface area contributed by atoms with E-state index in [-0.39, 0.29) is 0 Å². The van der Waals surface area contributed by atoms with Crippen molar-refractivity contribution in [1.82, 2.24) is 9.84 Å². The lowest BCUT2D eigenvalue weighted by atomic mass is 10.1. The summed E-state index contributed by atoms with van der Waals surface area (Å²) in [4.78, 5) is 2.62. The van der Waals surface area contributed by atoms with Gasteiger partial charge < -0.3 is 0 Å². The second-order valence-electron chi connectivity index (χ2n) is 5.51. The first-order chi connectivity index (χ1) is 7.13. The van der Waals surface area contributed by atoms with E-state index in [1.54, 1.807) is 25.8 Å². The summed E-state index contributed by atoms with van der Waals surface area (Å²) in [7, 11) is -3.25. The van der Waals surface area contributed by atoms with Gasteiger partial charge >= 0.3 is 0 Å². The smallest absolute Gasteiger partial charge is 0.225 e. The first-order valence-electron chi connectivity index (χ1n) is 5.56. The van der Waals surface area contributed by atoms with Gasteiger partial charge in [-0.1, -0.05) is 5.57 Å². The Balaban J connectivity index is 2.40. The fraction of sp³-hybridized carbons (Fsp3) is 0.818. The van der Waals surface area contributed by atoms with Gasteiger partial charge in [-0.05, 0) is 40.5 Å². The Morgan fingerprint density at radius 2 is 2.06 bits per heavy atom. The van der Waals surface area contributed by atoms with Gasteiger partial charge in [-0.3, -0.25) is 0 Å². The molecule has 0 spiro atoms. The van der Waals surface area contributed by atoms with E-state index in [1.165, 1.54) is 0 Å². The maximum atomic E-state index is 11.8. The maximum absolute atomic E-state index is 11.8. The van der Waals surface area contributed by atoms with Crippen LogP contribution in [0.4, 0.5) is 0 Å². The van der Waals surface area contributed by atoms with Crippen LogP contribution in [0.25, 0.3) is 0 Å². The fourth-order valence-corrected chi connectivity index (χ4v) is 2.05. The summed E-state index contributed by atoms with van der Waals surface area (Å²) in [5, 5.41) is 1.78. The van der Waals surface area contributed by atoms with E-state index >= 15 is 0 Å². The summed E-state index contributed by atoms with van der Waals surface area (Å²) in [5.41, 5.74) is 1.14. The lowest BCUT2D eigenvalue weighted by Gasteiger charge is -2.20. The highest BCUT2D eigenvalue weighted by Crippen LogP contribution is 2.24. The Morgan fingerprint density at radius 1 is 1.50 bits per heavy atom. The Morgan fingerprint density at radius 3 is 2.50 bits per heavy atom. The van der Waals surface area contributed by atoms with Gasteiger partial charge in [0, 0.05) is 12.6 Å². The molecule has 0 saturated carbocycles. The number of hydrogen-bond acceptors (Lipinski definition) is 3. The van der Waals surface area contributed by atoms with Crippen LogP contribution in [0.2, 0.25) is 0 Å². The molecule has 1 N–H and O–H groups in total. The molecule has 1 aliphatic rings. The van der Waals surface area contributed by atoms with Crippen molar-refractivity contribution in [2.24, 2.45) is 0 Å².